The molecule has 128 valence electrons. The molecule has 0 aliphatic rings. The summed E-state index contributed by atoms with van der Waals surface area (Å²) < 4.78 is 1.54. The predicted octanol–water partition coefficient (Wildman–Crippen LogP) is 3.47. The average Bonchev–Trinajstić information content (AvgIpc) is 3.09. The molecule has 0 amide bonds. The number of benzene rings is 2. The number of rotatable bonds is 6. The van der Waals surface area contributed by atoms with Crippen molar-refractivity contribution in [2.45, 2.75) is 24.9 Å². The van der Waals surface area contributed by atoms with Crippen LogP contribution in [0.15, 0.2) is 53.7 Å². The molecule has 0 radical (unpaired) electrons. The van der Waals surface area contributed by atoms with Gasteiger partial charge >= 0.3 is 0 Å². The smallest absolute Gasteiger partial charge is 0.214 e. The average molecular weight is 354 g/mol. The Bertz CT molecular complexity index is 858. The molecular formula is C18H18N4O2S. The van der Waals surface area contributed by atoms with Gasteiger partial charge in [-0.3, -0.25) is 4.79 Å². The second-order valence-electron chi connectivity index (χ2n) is 5.88. The molecule has 0 aliphatic heterocycles. The highest BCUT2D eigenvalue weighted by atomic mass is 32.2. The van der Waals surface area contributed by atoms with Gasteiger partial charge in [0.15, 0.2) is 5.78 Å². The fraction of sp³-hybridized carbons (Fsp3) is 0.222. The first-order valence-electron chi connectivity index (χ1n) is 7.88. The molecule has 7 heteroatoms. The monoisotopic (exact) mass is 354 g/mol. The van der Waals surface area contributed by atoms with Gasteiger partial charge in [-0.25, -0.2) is 0 Å². The van der Waals surface area contributed by atoms with Crippen molar-refractivity contribution < 1.29 is 9.90 Å². The van der Waals surface area contributed by atoms with Crippen LogP contribution in [0.2, 0.25) is 0 Å². The normalized spacial score (nSPS) is 11.0. The Balaban J connectivity index is 1.69. The maximum Gasteiger partial charge on any atom is 0.214 e. The van der Waals surface area contributed by atoms with Crippen molar-refractivity contribution in [1.29, 1.82) is 0 Å². The van der Waals surface area contributed by atoms with E-state index in [1.54, 1.807) is 28.9 Å². The van der Waals surface area contributed by atoms with Crippen molar-refractivity contribution in [2.24, 2.45) is 0 Å². The van der Waals surface area contributed by atoms with Gasteiger partial charge in [0.25, 0.3) is 0 Å². The molecule has 0 saturated heterocycles. The number of tetrazole rings is 1. The number of aromatic nitrogens is 4. The van der Waals surface area contributed by atoms with E-state index in [0.717, 1.165) is 5.69 Å². The van der Waals surface area contributed by atoms with E-state index in [0.29, 0.717) is 16.6 Å². The number of hydrogen-bond acceptors (Lipinski definition) is 6. The van der Waals surface area contributed by atoms with Crippen LogP contribution in [0.4, 0.5) is 0 Å². The van der Waals surface area contributed by atoms with Crippen LogP contribution in [0.5, 0.6) is 5.75 Å². The fourth-order valence-corrected chi connectivity index (χ4v) is 3.08. The van der Waals surface area contributed by atoms with Crippen LogP contribution in [-0.4, -0.2) is 36.8 Å². The van der Waals surface area contributed by atoms with Crippen LogP contribution in [0.1, 0.15) is 35.7 Å². The summed E-state index contributed by atoms with van der Waals surface area (Å²) in [5.74, 6) is 0.888. The summed E-state index contributed by atoms with van der Waals surface area (Å²) in [6, 6.07) is 14.2. The molecule has 0 fully saturated rings. The number of Topliss-reactive ketones (excluding diaryl/α,β-unsaturated/α-hetero) is 1. The van der Waals surface area contributed by atoms with E-state index >= 15 is 0 Å². The van der Waals surface area contributed by atoms with Crippen molar-refractivity contribution in [3.63, 3.8) is 0 Å². The molecule has 0 aliphatic carbocycles. The van der Waals surface area contributed by atoms with Crippen LogP contribution in [0.3, 0.4) is 0 Å². The molecule has 0 saturated carbocycles. The Morgan fingerprint density at radius 2 is 1.80 bits per heavy atom. The van der Waals surface area contributed by atoms with Gasteiger partial charge in [0.2, 0.25) is 5.16 Å². The zero-order valence-corrected chi connectivity index (χ0v) is 14.8. The van der Waals surface area contributed by atoms with Crippen molar-refractivity contribution in [3.8, 4) is 11.4 Å². The lowest BCUT2D eigenvalue weighted by atomic mass is 10.0. The Hall–Kier alpha value is -2.67. The zero-order valence-electron chi connectivity index (χ0n) is 14.0. The Morgan fingerprint density at radius 3 is 2.44 bits per heavy atom. The molecule has 0 unspecified atom stereocenters. The summed E-state index contributed by atoms with van der Waals surface area (Å²) in [6.07, 6.45) is 0. The van der Waals surface area contributed by atoms with E-state index in [1.165, 1.54) is 17.3 Å². The molecule has 1 aromatic heterocycles. The van der Waals surface area contributed by atoms with Crippen molar-refractivity contribution in [2.75, 3.05) is 5.75 Å². The van der Waals surface area contributed by atoms with Gasteiger partial charge in [-0.2, -0.15) is 4.68 Å². The summed E-state index contributed by atoms with van der Waals surface area (Å²) in [6.45, 7) is 4.24. The van der Waals surface area contributed by atoms with E-state index in [2.05, 4.69) is 29.4 Å². The van der Waals surface area contributed by atoms with E-state index in [4.69, 9.17) is 0 Å². The predicted molar refractivity (Wildman–Crippen MR) is 96.4 cm³/mol. The van der Waals surface area contributed by atoms with Crippen LogP contribution in [-0.2, 0) is 0 Å². The van der Waals surface area contributed by atoms with Crippen molar-refractivity contribution in [1.82, 2.24) is 20.2 Å². The number of ketones is 1. The fourth-order valence-electron chi connectivity index (χ4n) is 2.29. The van der Waals surface area contributed by atoms with Gasteiger partial charge in [-0.15, -0.1) is 5.10 Å². The molecule has 6 nitrogen and oxygen atoms in total. The summed E-state index contributed by atoms with van der Waals surface area (Å²) in [7, 11) is 0. The lowest BCUT2D eigenvalue weighted by molar-refractivity contribution is 0.102. The number of carbonyl (C=O) groups excluding carboxylic acids is 1. The van der Waals surface area contributed by atoms with Crippen LogP contribution in [0, 0.1) is 0 Å². The summed E-state index contributed by atoms with van der Waals surface area (Å²) in [5.41, 5.74) is 2.61. The molecule has 3 aromatic rings. The van der Waals surface area contributed by atoms with Gasteiger partial charge in [0.1, 0.15) is 5.75 Å². The van der Waals surface area contributed by atoms with Gasteiger partial charge in [-0.1, -0.05) is 49.9 Å². The lowest BCUT2D eigenvalue weighted by Crippen LogP contribution is -2.05. The molecule has 1 N–H and O–H groups in total. The molecule has 3 rings (SSSR count). The number of nitrogens with zero attached hydrogens (tertiary/aromatic N) is 4. The topological polar surface area (TPSA) is 80.9 Å². The number of carbonyl (C=O) groups is 1. The summed E-state index contributed by atoms with van der Waals surface area (Å²) >= 11 is 1.28. The standard InChI is InChI=1S/C18H18N4O2S/c1-12(2)13-3-5-14(6-4-13)17(24)11-25-18-19-20-21-22(18)15-7-9-16(23)10-8-15/h3-10,12,23H,11H2,1-2H3. The molecule has 0 bridgehead atoms. The van der Waals surface area contributed by atoms with E-state index in [1.807, 2.05) is 24.3 Å². The third-order valence-corrected chi connectivity index (χ3v) is 4.69. The summed E-state index contributed by atoms with van der Waals surface area (Å²) in [5, 5.41) is 21.5. The van der Waals surface area contributed by atoms with Gasteiger partial charge in [0.05, 0.1) is 11.4 Å². The minimum absolute atomic E-state index is 0.0283. The number of aromatic hydroxyl groups is 1. The highest BCUT2D eigenvalue weighted by Crippen LogP contribution is 2.21. The summed E-state index contributed by atoms with van der Waals surface area (Å²) in [4.78, 5) is 12.4. The quantitative estimate of drug-likeness (QED) is 0.539. The molecule has 2 aromatic carbocycles. The third kappa shape index (κ3) is 4.06. The lowest BCUT2D eigenvalue weighted by Gasteiger charge is -2.07. The van der Waals surface area contributed by atoms with Crippen LogP contribution in [0.25, 0.3) is 5.69 Å². The number of phenolic OH excluding ortho intramolecular Hbond substituents is 1. The molecular weight excluding hydrogens is 336 g/mol. The first kappa shape index (κ1) is 17.2. The Labute approximate surface area is 149 Å². The number of hydrogen-bond donors (Lipinski definition) is 1. The third-order valence-electron chi connectivity index (χ3n) is 3.77. The number of phenols is 1. The highest BCUT2D eigenvalue weighted by Gasteiger charge is 2.13. The molecule has 25 heavy (non-hydrogen) atoms. The van der Waals surface area contributed by atoms with E-state index < -0.39 is 0 Å². The van der Waals surface area contributed by atoms with Crippen molar-refractivity contribution in [3.05, 3.63) is 59.7 Å². The first-order chi connectivity index (χ1) is 12.0. The van der Waals surface area contributed by atoms with E-state index in [9.17, 15) is 9.90 Å². The molecule has 0 atom stereocenters. The SMILES string of the molecule is CC(C)c1ccc(C(=O)CSc2nnnn2-c2ccc(O)cc2)cc1. The Morgan fingerprint density at radius 1 is 1.12 bits per heavy atom. The maximum absolute atomic E-state index is 12.4. The second kappa shape index (κ2) is 7.48. The van der Waals surface area contributed by atoms with E-state index in [-0.39, 0.29) is 17.3 Å². The van der Waals surface area contributed by atoms with Crippen LogP contribution >= 0.6 is 11.8 Å². The second-order valence-corrected chi connectivity index (χ2v) is 6.82. The highest BCUT2D eigenvalue weighted by molar-refractivity contribution is 7.99. The largest absolute Gasteiger partial charge is 0.508 e. The number of thioether (sulfide) groups is 1. The maximum atomic E-state index is 12.4. The molecule has 1 heterocycles. The van der Waals surface area contributed by atoms with Gasteiger partial charge in [-0.05, 0) is 46.2 Å². The van der Waals surface area contributed by atoms with Gasteiger partial charge < -0.3 is 5.11 Å². The van der Waals surface area contributed by atoms with Crippen molar-refractivity contribution >= 4 is 17.5 Å². The first-order valence-corrected chi connectivity index (χ1v) is 8.87. The molecule has 0 spiro atoms. The zero-order chi connectivity index (χ0) is 17.8. The minimum atomic E-state index is 0.0283. The van der Waals surface area contributed by atoms with Gasteiger partial charge in [0, 0.05) is 5.56 Å². The minimum Gasteiger partial charge on any atom is -0.508 e. The Kier molecular flexibility index (Phi) is 5.14. The van der Waals surface area contributed by atoms with Crippen LogP contribution < -0.4 is 0 Å².